The summed E-state index contributed by atoms with van der Waals surface area (Å²) in [6.45, 7) is 4.10. The molecule has 3 atom stereocenters. The Hall–Kier alpha value is -1.48. The normalized spacial score (nSPS) is 26.3. The Kier molecular flexibility index (Phi) is 4.77. The fourth-order valence-electron chi connectivity index (χ4n) is 3.96. The lowest BCUT2D eigenvalue weighted by atomic mass is 9.93. The van der Waals surface area contributed by atoms with Crippen LogP contribution in [0.15, 0.2) is 18.2 Å². The zero-order valence-corrected chi connectivity index (χ0v) is 15.6. The van der Waals surface area contributed by atoms with Gasteiger partial charge in [0.25, 0.3) is 0 Å². The van der Waals surface area contributed by atoms with Crippen LogP contribution in [0.4, 0.5) is 8.78 Å². The maximum atomic E-state index is 14.1. The molecule has 1 aromatic heterocycles. The van der Waals surface area contributed by atoms with Crippen molar-refractivity contribution in [1.82, 2.24) is 14.1 Å². The number of hydrogen-bond acceptors (Lipinski definition) is 5. The Morgan fingerprint density at radius 3 is 2.85 bits per heavy atom. The van der Waals surface area contributed by atoms with Gasteiger partial charge in [0.1, 0.15) is 17.7 Å². The zero-order valence-electron chi connectivity index (χ0n) is 14.8. The molecule has 0 spiro atoms. The van der Waals surface area contributed by atoms with Crippen LogP contribution in [0.1, 0.15) is 35.0 Å². The second-order valence-corrected chi connectivity index (χ2v) is 7.66. The van der Waals surface area contributed by atoms with E-state index in [0.29, 0.717) is 13.0 Å². The first-order chi connectivity index (χ1) is 12.5. The van der Waals surface area contributed by atoms with E-state index in [9.17, 15) is 8.78 Å². The zero-order chi connectivity index (χ0) is 18.4. The lowest BCUT2D eigenvalue weighted by Crippen LogP contribution is -2.47. The van der Waals surface area contributed by atoms with Gasteiger partial charge >= 0.3 is 0 Å². The van der Waals surface area contributed by atoms with E-state index in [1.54, 1.807) is 11.9 Å². The molecule has 1 fully saturated rings. The average molecular weight is 380 g/mol. The first-order valence-electron chi connectivity index (χ1n) is 8.66. The van der Waals surface area contributed by atoms with Gasteiger partial charge in [0.05, 0.1) is 18.0 Å². The second-order valence-electron chi connectivity index (χ2n) is 6.94. The van der Waals surface area contributed by atoms with Crippen molar-refractivity contribution in [2.75, 3.05) is 12.9 Å². The lowest BCUT2D eigenvalue weighted by molar-refractivity contribution is -0.0533. The van der Waals surface area contributed by atoms with Crippen molar-refractivity contribution in [2.45, 2.75) is 44.6 Å². The van der Waals surface area contributed by atoms with E-state index in [1.807, 2.05) is 17.3 Å². The summed E-state index contributed by atoms with van der Waals surface area (Å²) in [5.41, 5.74) is 10.0. The first kappa shape index (κ1) is 17.9. The van der Waals surface area contributed by atoms with Gasteiger partial charge in [-0.05, 0) is 43.5 Å². The predicted octanol–water partition coefficient (Wildman–Crippen LogP) is 2.77. The van der Waals surface area contributed by atoms with Gasteiger partial charge in [0.2, 0.25) is 0 Å². The Bertz CT molecular complexity index is 828. The molecule has 0 saturated carbocycles. The lowest BCUT2D eigenvalue weighted by Gasteiger charge is -2.38. The van der Waals surface area contributed by atoms with Gasteiger partial charge in [0, 0.05) is 42.6 Å². The Balaban J connectivity index is 1.47. The molecule has 0 bridgehead atoms. The number of hydrogen-bond donors (Lipinski definition) is 1. The summed E-state index contributed by atoms with van der Waals surface area (Å²) in [7, 11) is 0. The summed E-state index contributed by atoms with van der Waals surface area (Å²) < 4.78 is 35.4. The van der Waals surface area contributed by atoms with Gasteiger partial charge in [-0.1, -0.05) is 0 Å². The van der Waals surface area contributed by atoms with Crippen molar-refractivity contribution in [3.8, 4) is 0 Å². The Labute approximate surface area is 155 Å². The van der Waals surface area contributed by atoms with Crippen LogP contribution in [0.5, 0.6) is 0 Å². The summed E-state index contributed by atoms with van der Waals surface area (Å²) >= 11 is 1.59. The summed E-state index contributed by atoms with van der Waals surface area (Å²) in [6, 6.07) is 3.18. The highest BCUT2D eigenvalue weighted by atomic mass is 32.2. The summed E-state index contributed by atoms with van der Waals surface area (Å²) in [6.07, 6.45) is 2.07. The largest absolute Gasteiger partial charge is 0.370 e. The minimum absolute atomic E-state index is 0.153. The van der Waals surface area contributed by atoms with Crippen molar-refractivity contribution in [1.29, 1.82) is 0 Å². The van der Waals surface area contributed by atoms with Crippen LogP contribution in [0.2, 0.25) is 0 Å². The monoisotopic (exact) mass is 380 g/mol. The number of fused-ring (bicyclic) bond motifs is 1. The van der Waals surface area contributed by atoms with Gasteiger partial charge < -0.3 is 10.5 Å². The summed E-state index contributed by atoms with van der Waals surface area (Å²) in [4.78, 5) is 2.34. The molecule has 5 nitrogen and oxygen atoms in total. The molecule has 0 aliphatic carbocycles. The molecule has 2 unspecified atom stereocenters. The van der Waals surface area contributed by atoms with Crippen LogP contribution >= 0.6 is 11.9 Å². The Morgan fingerprint density at radius 1 is 1.31 bits per heavy atom. The van der Waals surface area contributed by atoms with Gasteiger partial charge in [-0.2, -0.15) is 5.10 Å². The molecule has 2 aromatic rings. The highest BCUT2D eigenvalue weighted by Crippen LogP contribution is 2.35. The Morgan fingerprint density at radius 2 is 2.12 bits per heavy atom. The number of aryl methyl sites for hydroxylation is 1. The third-order valence-electron chi connectivity index (χ3n) is 5.33. The molecule has 140 valence electrons. The molecular weight excluding hydrogens is 358 g/mol. The average Bonchev–Trinajstić information content (AvgIpc) is 3.18. The van der Waals surface area contributed by atoms with Crippen LogP contribution < -0.4 is 5.73 Å². The number of benzene rings is 1. The van der Waals surface area contributed by atoms with E-state index in [-0.39, 0.29) is 17.6 Å². The van der Waals surface area contributed by atoms with Gasteiger partial charge in [-0.25, -0.2) is 12.9 Å². The minimum Gasteiger partial charge on any atom is -0.370 e. The van der Waals surface area contributed by atoms with Crippen molar-refractivity contribution in [3.63, 3.8) is 0 Å². The van der Waals surface area contributed by atoms with E-state index in [0.717, 1.165) is 30.9 Å². The molecule has 26 heavy (non-hydrogen) atoms. The number of aromatic nitrogens is 2. The number of rotatable bonds is 3. The van der Waals surface area contributed by atoms with Crippen molar-refractivity contribution in [3.05, 3.63) is 52.3 Å². The quantitative estimate of drug-likeness (QED) is 0.887. The predicted molar refractivity (Wildman–Crippen MR) is 96.6 cm³/mol. The van der Waals surface area contributed by atoms with E-state index in [4.69, 9.17) is 10.5 Å². The molecule has 1 aromatic carbocycles. The summed E-state index contributed by atoms with van der Waals surface area (Å²) in [5, 5.41) is 4.53. The molecule has 2 aliphatic heterocycles. The molecule has 8 heteroatoms. The topological polar surface area (TPSA) is 56.3 Å². The fourth-order valence-corrected chi connectivity index (χ4v) is 4.55. The SMILES string of the molecule is CSn1nc(C)c2c1CN(C1CO[C@H](c3cc(F)ccc3F)C(N)C1)C2. The van der Waals surface area contributed by atoms with Crippen LogP contribution in [-0.4, -0.2) is 39.0 Å². The maximum absolute atomic E-state index is 14.1. The van der Waals surface area contributed by atoms with Crippen LogP contribution in [0, 0.1) is 18.6 Å². The van der Waals surface area contributed by atoms with E-state index < -0.39 is 17.7 Å². The van der Waals surface area contributed by atoms with Gasteiger partial charge in [-0.3, -0.25) is 4.90 Å². The highest BCUT2D eigenvalue weighted by molar-refractivity contribution is 7.97. The first-order valence-corrected chi connectivity index (χ1v) is 9.84. The van der Waals surface area contributed by atoms with E-state index in [2.05, 4.69) is 10.00 Å². The maximum Gasteiger partial charge on any atom is 0.129 e. The molecular formula is C18H22F2N4OS. The van der Waals surface area contributed by atoms with Crippen molar-refractivity contribution >= 4 is 11.9 Å². The molecule has 0 radical (unpaired) electrons. The molecule has 3 heterocycles. The molecule has 0 amide bonds. The second kappa shape index (κ2) is 6.92. The van der Waals surface area contributed by atoms with Crippen LogP contribution in [0.3, 0.4) is 0 Å². The third kappa shape index (κ3) is 3.05. The third-order valence-corrected chi connectivity index (χ3v) is 5.97. The number of halogens is 2. The molecule has 1 saturated heterocycles. The smallest absolute Gasteiger partial charge is 0.129 e. The molecule has 2 N–H and O–H groups in total. The summed E-state index contributed by atoms with van der Waals surface area (Å²) in [5.74, 6) is -0.957. The standard InChI is InChI=1S/C18H22F2N4OS/c1-10-14-7-23(8-17(14)24(22-10)26-2)12-6-16(21)18(25-9-12)13-5-11(19)3-4-15(13)20/h3-5,12,16,18H,6-9,21H2,1-2H3/t12?,16?,18-/m1/s1. The van der Waals surface area contributed by atoms with Crippen molar-refractivity contribution < 1.29 is 13.5 Å². The van der Waals surface area contributed by atoms with Gasteiger partial charge in [0.15, 0.2) is 0 Å². The van der Waals surface area contributed by atoms with Crippen LogP contribution in [-0.2, 0) is 17.8 Å². The number of ether oxygens (including phenoxy) is 1. The molecule has 4 rings (SSSR count). The van der Waals surface area contributed by atoms with Crippen LogP contribution in [0.25, 0.3) is 0 Å². The van der Waals surface area contributed by atoms with E-state index in [1.165, 1.54) is 17.3 Å². The van der Waals surface area contributed by atoms with E-state index >= 15 is 0 Å². The number of nitrogens with zero attached hydrogens (tertiary/aromatic N) is 3. The minimum atomic E-state index is -0.615. The van der Waals surface area contributed by atoms with Crippen molar-refractivity contribution in [2.24, 2.45) is 5.73 Å². The van der Waals surface area contributed by atoms with Gasteiger partial charge in [-0.15, -0.1) is 0 Å². The highest BCUT2D eigenvalue weighted by Gasteiger charge is 2.37. The molecule has 2 aliphatic rings. The number of nitrogens with two attached hydrogens (primary N) is 1. The fraction of sp³-hybridized carbons (Fsp3) is 0.500.